The Kier molecular flexibility index (Phi) is 8.77. The van der Waals surface area contributed by atoms with Gasteiger partial charge in [0.15, 0.2) is 15.4 Å². The van der Waals surface area contributed by atoms with Crippen molar-refractivity contribution in [3.05, 3.63) is 99.5 Å². The Morgan fingerprint density at radius 3 is 2.03 bits per heavy atom. The standard InChI is InChI=1S/C26H26Cl2O5S/c27-23-10-6-11-24(28)22(23)18-34(32,33)21-14-12-20(13-15-21)17-26(31,25(29)30)16-5-4-9-19-7-2-1-3-8-19/h1-3,6-8,10-15,31H,4-5,9,16-18H2,(H,29,30)/t26-/m1/s1. The number of aryl methyl sites for hydroxylation is 1. The summed E-state index contributed by atoms with van der Waals surface area (Å²) in [6, 6.07) is 20.5. The highest BCUT2D eigenvalue weighted by atomic mass is 35.5. The lowest BCUT2D eigenvalue weighted by Gasteiger charge is -2.23. The molecule has 3 aromatic carbocycles. The van der Waals surface area contributed by atoms with E-state index in [9.17, 15) is 23.4 Å². The zero-order chi connectivity index (χ0) is 24.8. The van der Waals surface area contributed by atoms with E-state index < -0.39 is 21.4 Å². The van der Waals surface area contributed by atoms with Gasteiger partial charge in [-0.1, -0.05) is 71.7 Å². The van der Waals surface area contributed by atoms with Gasteiger partial charge in [-0.25, -0.2) is 13.2 Å². The topological polar surface area (TPSA) is 91.7 Å². The second-order valence-corrected chi connectivity index (χ2v) is 11.1. The molecule has 5 nitrogen and oxygen atoms in total. The number of carbonyl (C=O) groups is 1. The van der Waals surface area contributed by atoms with E-state index in [0.29, 0.717) is 17.5 Å². The molecule has 0 aliphatic carbocycles. The zero-order valence-corrected chi connectivity index (χ0v) is 20.8. The molecule has 0 amide bonds. The van der Waals surface area contributed by atoms with E-state index in [4.69, 9.17) is 23.2 Å². The van der Waals surface area contributed by atoms with E-state index in [0.717, 1.165) is 18.4 Å². The number of sulfone groups is 1. The number of carboxylic acids is 1. The maximum absolute atomic E-state index is 12.8. The summed E-state index contributed by atoms with van der Waals surface area (Å²) in [6.07, 6.45) is 2.08. The summed E-state index contributed by atoms with van der Waals surface area (Å²) in [4.78, 5) is 11.9. The molecular weight excluding hydrogens is 495 g/mol. The lowest BCUT2D eigenvalue weighted by molar-refractivity contribution is -0.159. The van der Waals surface area contributed by atoms with Crippen LogP contribution in [0.3, 0.4) is 0 Å². The number of unbranched alkanes of at least 4 members (excludes halogenated alkanes) is 1. The molecule has 0 aliphatic rings. The highest BCUT2D eigenvalue weighted by molar-refractivity contribution is 7.90. The average molecular weight is 521 g/mol. The molecule has 0 spiro atoms. The van der Waals surface area contributed by atoms with Gasteiger partial charge in [0.2, 0.25) is 0 Å². The molecule has 0 radical (unpaired) electrons. The van der Waals surface area contributed by atoms with E-state index in [2.05, 4.69) is 0 Å². The van der Waals surface area contributed by atoms with Crippen LogP contribution in [0.4, 0.5) is 0 Å². The molecule has 0 saturated heterocycles. The smallest absolute Gasteiger partial charge is 0.336 e. The number of halogens is 2. The van der Waals surface area contributed by atoms with E-state index in [-0.39, 0.29) is 33.5 Å². The molecule has 0 fully saturated rings. The average Bonchev–Trinajstić information content (AvgIpc) is 2.80. The van der Waals surface area contributed by atoms with Gasteiger partial charge in [-0.2, -0.15) is 0 Å². The second-order valence-electron chi connectivity index (χ2n) is 8.31. The molecule has 0 aromatic heterocycles. The van der Waals surface area contributed by atoms with Gasteiger partial charge in [-0.05, 0) is 61.1 Å². The number of hydrogen-bond acceptors (Lipinski definition) is 4. The van der Waals surface area contributed by atoms with Crippen LogP contribution in [0.2, 0.25) is 10.0 Å². The predicted molar refractivity (Wildman–Crippen MR) is 134 cm³/mol. The van der Waals surface area contributed by atoms with Gasteiger partial charge in [0.1, 0.15) is 0 Å². The van der Waals surface area contributed by atoms with Gasteiger partial charge < -0.3 is 10.2 Å². The first kappa shape index (κ1) is 26.2. The molecule has 0 aliphatic heterocycles. The van der Waals surface area contributed by atoms with Crippen LogP contribution in [-0.4, -0.2) is 30.2 Å². The summed E-state index contributed by atoms with van der Waals surface area (Å²) in [5.41, 5.74) is 0.0897. The minimum Gasteiger partial charge on any atom is -0.479 e. The monoisotopic (exact) mass is 520 g/mol. The Labute approximate surface area is 209 Å². The Morgan fingerprint density at radius 1 is 0.824 bits per heavy atom. The van der Waals surface area contributed by atoms with Gasteiger partial charge >= 0.3 is 5.97 Å². The lowest BCUT2D eigenvalue weighted by Crippen LogP contribution is -2.40. The van der Waals surface area contributed by atoms with Crippen LogP contribution in [0.1, 0.15) is 36.0 Å². The van der Waals surface area contributed by atoms with Crippen LogP contribution in [0.5, 0.6) is 0 Å². The second kappa shape index (κ2) is 11.4. The summed E-state index contributed by atoms with van der Waals surface area (Å²) < 4.78 is 25.7. The van der Waals surface area contributed by atoms with Crippen molar-refractivity contribution >= 4 is 39.0 Å². The summed E-state index contributed by atoms with van der Waals surface area (Å²) in [5, 5.41) is 21.0. The Balaban J connectivity index is 1.65. The van der Waals surface area contributed by atoms with Crippen LogP contribution in [0.15, 0.2) is 77.7 Å². The van der Waals surface area contributed by atoms with E-state index in [1.165, 1.54) is 24.3 Å². The van der Waals surface area contributed by atoms with Crippen molar-refractivity contribution in [3.8, 4) is 0 Å². The highest BCUT2D eigenvalue weighted by Gasteiger charge is 2.35. The third-order valence-electron chi connectivity index (χ3n) is 5.72. The van der Waals surface area contributed by atoms with Crippen LogP contribution in [-0.2, 0) is 33.2 Å². The van der Waals surface area contributed by atoms with Crippen molar-refractivity contribution in [2.24, 2.45) is 0 Å². The van der Waals surface area contributed by atoms with Crippen LogP contribution >= 0.6 is 23.2 Å². The fourth-order valence-electron chi connectivity index (χ4n) is 3.76. The minimum atomic E-state index is -3.73. The first-order valence-corrected chi connectivity index (χ1v) is 13.3. The third-order valence-corrected chi connectivity index (χ3v) is 8.09. The molecule has 8 heteroatoms. The van der Waals surface area contributed by atoms with E-state index in [1.54, 1.807) is 18.2 Å². The van der Waals surface area contributed by atoms with Crippen molar-refractivity contribution in [1.29, 1.82) is 0 Å². The predicted octanol–water partition coefficient (Wildman–Crippen LogP) is 5.74. The van der Waals surface area contributed by atoms with Gasteiger partial charge in [0.05, 0.1) is 10.6 Å². The first-order valence-electron chi connectivity index (χ1n) is 10.8. The van der Waals surface area contributed by atoms with Crippen LogP contribution in [0.25, 0.3) is 0 Å². The molecule has 0 unspecified atom stereocenters. The molecule has 2 N–H and O–H groups in total. The van der Waals surface area contributed by atoms with Gasteiger partial charge in [0, 0.05) is 22.0 Å². The maximum atomic E-state index is 12.8. The first-order chi connectivity index (χ1) is 16.1. The molecule has 1 atom stereocenters. The summed E-state index contributed by atoms with van der Waals surface area (Å²) in [6.45, 7) is 0. The molecular formula is C26H26Cl2O5S. The van der Waals surface area contributed by atoms with Crippen LogP contribution < -0.4 is 0 Å². The maximum Gasteiger partial charge on any atom is 0.336 e. The lowest BCUT2D eigenvalue weighted by atomic mass is 9.89. The zero-order valence-electron chi connectivity index (χ0n) is 18.5. The van der Waals surface area contributed by atoms with E-state index in [1.807, 2.05) is 30.3 Å². The quantitative estimate of drug-likeness (QED) is 0.314. The van der Waals surface area contributed by atoms with Crippen molar-refractivity contribution in [1.82, 2.24) is 0 Å². The molecule has 3 rings (SSSR count). The van der Waals surface area contributed by atoms with Crippen molar-refractivity contribution in [3.63, 3.8) is 0 Å². The molecule has 0 saturated carbocycles. The van der Waals surface area contributed by atoms with Crippen molar-refractivity contribution in [2.75, 3.05) is 0 Å². The molecule has 0 bridgehead atoms. The number of benzene rings is 3. The number of carboxylic acid groups (broad SMARTS) is 1. The normalized spacial score (nSPS) is 13.4. The Morgan fingerprint density at radius 2 is 1.44 bits per heavy atom. The summed E-state index contributed by atoms with van der Waals surface area (Å²) in [5.74, 6) is -1.65. The number of hydrogen-bond donors (Lipinski definition) is 2. The molecule has 3 aromatic rings. The minimum absolute atomic E-state index is 0.0639. The van der Waals surface area contributed by atoms with Crippen molar-refractivity contribution < 1.29 is 23.4 Å². The Hall–Kier alpha value is -2.38. The van der Waals surface area contributed by atoms with Crippen LogP contribution in [0, 0.1) is 0 Å². The Bertz CT molecular complexity index is 1210. The summed E-state index contributed by atoms with van der Waals surface area (Å²) >= 11 is 12.2. The fourth-order valence-corrected chi connectivity index (χ4v) is 5.86. The molecule has 180 valence electrons. The SMILES string of the molecule is O=C(O)[C@@](O)(CCCCc1ccccc1)Cc1ccc(S(=O)(=O)Cc2c(Cl)cccc2Cl)cc1. The third kappa shape index (κ3) is 6.83. The van der Waals surface area contributed by atoms with Gasteiger partial charge in [0.25, 0.3) is 0 Å². The van der Waals surface area contributed by atoms with Gasteiger partial charge in [-0.15, -0.1) is 0 Å². The van der Waals surface area contributed by atoms with Crippen molar-refractivity contribution in [2.45, 2.75) is 48.4 Å². The number of rotatable bonds is 11. The number of aliphatic carboxylic acids is 1. The highest BCUT2D eigenvalue weighted by Crippen LogP contribution is 2.29. The largest absolute Gasteiger partial charge is 0.479 e. The molecule has 0 heterocycles. The number of aliphatic hydroxyl groups is 1. The fraction of sp³-hybridized carbons (Fsp3) is 0.269. The van der Waals surface area contributed by atoms with E-state index >= 15 is 0 Å². The summed E-state index contributed by atoms with van der Waals surface area (Å²) in [7, 11) is -3.73. The molecule has 34 heavy (non-hydrogen) atoms. The van der Waals surface area contributed by atoms with Gasteiger partial charge in [-0.3, -0.25) is 0 Å².